The first-order chi connectivity index (χ1) is 8.18. The van der Waals surface area contributed by atoms with Crippen LogP contribution in [0.4, 0.5) is 0 Å². The Morgan fingerprint density at radius 2 is 1.76 bits per heavy atom. The molecule has 0 radical (unpaired) electrons. The molecule has 0 aromatic heterocycles. The molecule has 2 unspecified atom stereocenters. The molecule has 2 rings (SSSR count). The number of hydrogen-bond donors (Lipinski definition) is 1. The lowest BCUT2D eigenvalue weighted by Gasteiger charge is -2.28. The van der Waals surface area contributed by atoms with E-state index in [9.17, 15) is 0 Å². The summed E-state index contributed by atoms with van der Waals surface area (Å²) in [6, 6.07) is 8.37. The first-order valence-electron chi connectivity index (χ1n) is 6.23. The fraction of sp³-hybridized carbons (Fsp3) is 0.571. The van der Waals surface area contributed by atoms with Gasteiger partial charge in [0, 0.05) is 0 Å². The van der Waals surface area contributed by atoms with E-state index in [1.165, 1.54) is 5.56 Å². The zero-order valence-electron chi connectivity index (χ0n) is 10.6. The Hall–Kier alpha value is -0.900. The highest BCUT2D eigenvalue weighted by Crippen LogP contribution is 2.22. The Morgan fingerprint density at radius 1 is 1.12 bits per heavy atom. The van der Waals surface area contributed by atoms with Crippen molar-refractivity contribution in [3.05, 3.63) is 35.4 Å². The average Bonchev–Trinajstić information content (AvgIpc) is 2.39. The van der Waals surface area contributed by atoms with Crippen molar-refractivity contribution in [1.82, 2.24) is 0 Å². The molecular formula is C14H21NO2. The zero-order chi connectivity index (χ0) is 12.3. The maximum Gasteiger partial charge on any atom is 0.100 e. The standard InChI is InChI=1S/C14H21NO2/c1-10(2)11-3-5-12(6-4-11)14(15)13-9-16-7-8-17-13/h3-6,10,13-14H,7-9,15H2,1-2H3. The van der Waals surface area contributed by atoms with Gasteiger partial charge >= 0.3 is 0 Å². The summed E-state index contributed by atoms with van der Waals surface area (Å²) in [6.07, 6.45) is -0.0198. The minimum atomic E-state index is -0.100. The van der Waals surface area contributed by atoms with Crippen LogP contribution in [0.25, 0.3) is 0 Å². The van der Waals surface area contributed by atoms with E-state index in [1.807, 2.05) is 0 Å². The molecule has 0 saturated carbocycles. The van der Waals surface area contributed by atoms with E-state index < -0.39 is 0 Å². The van der Waals surface area contributed by atoms with Gasteiger partial charge in [-0.2, -0.15) is 0 Å². The Kier molecular flexibility index (Phi) is 4.15. The zero-order valence-corrected chi connectivity index (χ0v) is 10.6. The second-order valence-electron chi connectivity index (χ2n) is 4.83. The van der Waals surface area contributed by atoms with Gasteiger partial charge in [-0.15, -0.1) is 0 Å². The van der Waals surface area contributed by atoms with Gasteiger partial charge in [-0.25, -0.2) is 0 Å². The van der Waals surface area contributed by atoms with Crippen molar-refractivity contribution in [1.29, 1.82) is 0 Å². The van der Waals surface area contributed by atoms with Crippen molar-refractivity contribution >= 4 is 0 Å². The third-order valence-corrected chi connectivity index (χ3v) is 3.23. The second-order valence-corrected chi connectivity index (χ2v) is 4.83. The van der Waals surface area contributed by atoms with Crippen LogP contribution >= 0.6 is 0 Å². The van der Waals surface area contributed by atoms with Gasteiger partial charge < -0.3 is 15.2 Å². The molecule has 1 saturated heterocycles. The van der Waals surface area contributed by atoms with Crippen molar-refractivity contribution in [3.8, 4) is 0 Å². The predicted octanol–water partition coefficient (Wildman–Crippen LogP) is 2.23. The van der Waals surface area contributed by atoms with E-state index in [0.29, 0.717) is 25.7 Å². The predicted molar refractivity (Wildman–Crippen MR) is 68.0 cm³/mol. The molecule has 3 heteroatoms. The molecule has 0 spiro atoms. The van der Waals surface area contributed by atoms with Crippen LogP contribution < -0.4 is 5.73 Å². The lowest BCUT2D eigenvalue weighted by molar-refractivity contribution is -0.0975. The molecule has 1 aliphatic heterocycles. The van der Waals surface area contributed by atoms with Gasteiger partial charge in [0.15, 0.2) is 0 Å². The molecule has 1 fully saturated rings. The van der Waals surface area contributed by atoms with Crippen LogP contribution in [0.1, 0.15) is 36.9 Å². The summed E-state index contributed by atoms with van der Waals surface area (Å²) in [5.74, 6) is 0.550. The minimum Gasteiger partial charge on any atom is -0.376 e. The highest BCUT2D eigenvalue weighted by Gasteiger charge is 2.23. The minimum absolute atomic E-state index is 0.0198. The summed E-state index contributed by atoms with van der Waals surface area (Å²) in [5, 5.41) is 0. The molecule has 1 aliphatic rings. The average molecular weight is 235 g/mol. The molecule has 2 atom stereocenters. The number of hydrogen-bond acceptors (Lipinski definition) is 3. The Labute approximate surface area is 103 Å². The maximum absolute atomic E-state index is 6.19. The van der Waals surface area contributed by atoms with Crippen molar-refractivity contribution in [2.75, 3.05) is 19.8 Å². The van der Waals surface area contributed by atoms with E-state index in [0.717, 1.165) is 5.56 Å². The summed E-state index contributed by atoms with van der Waals surface area (Å²) >= 11 is 0. The fourth-order valence-electron chi connectivity index (χ4n) is 2.03. The second kappa shape index (κ2) is 5.63. The first kappa shape index (κ1) is 12.6. The van der Waals surface area contributed by atoms with Crippen molar-refractivity contribution in [3.63, 3.8) is 0 Å². The number of nitrogens with two attached hydrogens (primary N) is 1. The summed E-state index contributed by atoms with van der Waals surface area (Å²) in [7, 11) is 0. The van der Waals surface area contributed by atoms with Crippen LogP contribution in [0.15, 0.2) is 24.3 Å². The molecule has 17 heavy (non-hydrogen) atoms. The highest BCUT2D eigenvalue weighted by atomic mass is 16.6. The number of ether oxygens (including phenoxy) is 2. The van der Waals surface area contributed by atoms with E-state index in [2.05, 4.69) is 38.1 Å². The van der Waals surface area contributed by atoms with Gasteiger partial charge in [0.05, 0.1) is 25.9 Å². The van der Waals surface area contributed by atoms with Gasteiger partial charge in [0.1, 0.15) is 6.10 Å². The van der Waals surface area contributed by atoms with E-state index >= 15 is 0 Å². The molecule has 0 bridgehead atoms. The van der Waals surface area contributed by atoms with Gasteiger partial charge in [-0.05, 0) is 17.0 Å². The van der Waals surface area contributed by atoms with Crippen molar-refractivity contribution in [2.45, 2.75) is 31.9 Å². The van der Waals surface area contributed by atoms with Gasteiger partial charge in [-0.3, -0.25) is 0 Å². The topological polar surface area (TPSA) is 44.5 Å². The molecular weight excluding hydrogens is 214 g/mol. The van der Waals surface area contributed by atoms with Crippen molar-refractivity contribution < 1.29 is 9.47 Å². The van der Waals surface area contributed by atoms with Crippen LogP contribution in [0, 0.1) is 0 Å². The van der Waals surface area contributed by atoms with Crippen LogP contribution in [0.5, 0.6) is 0 Å². The third-order valence-electron chi connectivity index (χ3n) is 3.23. The third kappa shape index (κ3) is 3.06. The Bertz CT molecular complexity index is 342. The van der Waals surface area contributed by atoms with E-state index in [4.69, 9.17) is 15.2 Å². The maximum atomic E-state index is 6.19. The molecule has 1 heterocycles. The summed E-state index contributed by atoms with van der Waals surface area (Å²) in [4.78, 5) is 0. The van der Waals surface area contributed by atoms with Crippen molar-refractivity contribution in [2.24, 2.45) is 5.73 Å². The highest BCUT2D eigenvalue weighted by molar-refractivity contribution is 5.27. The fourth-order valence-corrected chi connectivity index (χ4v) is 2.03. The van der Waals surface area contributed by atoms with Gasteiger partial charge in [0.25, 0.3) is 0 Å². The largest absolute Gasteiger partial charge is 0.376 e. The normalized spacial score (nSPS) is 22.7. The lowest BCUT2D eigenvalue weighted by Crippen LogP contribution is -2.37. The smallest absolute Gasteiger partial charge is 0.100 e. The van der Waals surface area contributed by atoms with E-state index in [1.54, 1.807) is 0 Å². The quantitative estimate of drug-likeness (QED) is 0.873. The summed E-state index contributed by atoms with van der Waals surface area (Å²) in [5.41, 5.74) is 8.64. The molecule has 1 aromatic rings. The van der Waals surface area contributed by atoms with Crippen LogP contribution in [0.2, 0.25) is 0 Å². The number of benzene rings is 1. The van der Waals surface area contributed by atoms with Crippen LogP contribution in [-0.4, -0.2) is 25.9 Å². The van der Waals surface area contributed by atoms with Gasteiger partial charge in [-0.1, -0.05) is 38.1 Å². The monoisotopic (exact) mass is 235 g/mol. The molecule has 3 nitrogen and oxygen atoms in total. The summed E-state index contributed by atoms with van der Waals surface area (Å²) < 4.78 is 11.0. The lowest BCUT2D eigenvalue weighted by atomic mass is 9.97. The Morgan fingerprint density at radius 3 is 2.29 bits per heavy atom. The first-order valence-corrected chi connectivity index (χ1v) is 6.23. The SMILES string of the molecule is CC(C)c1ccc(C(N)C2COCCO2)cc1. The molecule has 94 valence electrons. The summed E-state index contributed by atoms with van der Waals surface area (Å²) in [6.45, 7) is 6.28. The molecule has 0 aliphatic carbocycles. The van der Waals surface area contributed by atoms with Crippen LogP contribution in [-0.2, 0) is 9.47 Å². The molecule has 1 aromatic carbocycles. The Balaban J connectivity index is 2.05. The van der Waals surface area contributed by atoms with Crippen LogP contribution in [0.3, 0.4) is 0 Å². The number of rotatable bonds is 3. The molecule has 2 N–H and O–H groups in total. The van der Waals surface area contributed by atoms with Gasteiger partial charge in [0.2, 0.25) is 0 Å². The van der Waals surface area contributed by atoms with E-state index in [-0.39, 0.29) is 12.1 Å². The molecule has 0 amide bonds.